The third kappa shape index (κ3) is 2.05. The molecule has 0 N–H and O–H groups in total. The number of amides is 2. The van der Waals surface area contributed by atoms with Crippen molar-refractivity contribution < 1.29 is 24.0 Å². The lowest BCUT2D eigenvalue weighted by Crippen LogP contribution is -2.33. The van der Waals surface area contributed by atoms with Gasteiger partial charge in [0.1, 0.15) is 0 Å². The van der Waals surface area contributed by atoms with Gasteiger partial charge in [-0.2, -0.15) is 0 Å². The molecule has 6 heteroatoms. The summed E-state index contributed by atoms with van der Waals surface area (Å²) in [4.78, 5) is 36.6. The highest BCUT2D eigenvalue weighted by Gasteiger charge is 2.28. The number of nitrogens with zero attached hydrogens (tertiary/aromatic N) is 1. The van der Waals surface area contributed by atoms with E-state index in [0.29, 0.717) is 5.06 Å². The lowest BCUT2D eigenvalue weighted by molar-refractivity contribution is -0.175. The van der Waals surface area contributed by atoms with Crippen molar-refractivity contribution in [3.8, 4) is 0 Å². The van der Waals surface area contributed by atoms with E-state index in [9.17, 15) is 14.4 Å². The lowest BCUT2D eigenvalue weighted by Gasteiger charge is -2.11. The first-order chi connectivity index (χ1) is 6.15. The van der Waals surface area contributed by atoms with Crippen molar-refractivity contribution in [3.63, 3.8) is 0 Å². The second-order valence-corrected chi connectivity index (χ2v) is 2.08. The first kappa shape index (κ1) is 9.24. The molecular weight excluding hydrogens is 178 g/mol. The average molecular weight is 185 g/mol. The zero-order valence-corrected chi connectivity index (χ0v) is 6.85. The van der Waals surface area contributed by atoms with Crippen molar-refractivity contribution in [2.75, 3.05) is 6.61 Å². The van der Waals surface area contributed by atoms with E-state index in [2.05, 4.69) is 9.57 Å². The number of hydrogen-bond donors (Lipinski definition) is 0. The van der Waals surface area contributed by atoms with Gasteiger partial charge in [0.05, 0.1) is 6.61 Å². The van der Waals surface area contributed by atoms with Gasteiger partial charge in [0.25, 0.3) is 11.8 Å². The highest BCUT2D eigenvalue weighted by Crippen LogP contribution is 2.04. The predicted molar refractivity (Wildman–Crippen MR) is 39.1 cm³/mol. The fourth-order valence-corrected chi connectivity index (χ4v) is 0.695. The summed E-state index contributed by atoms with van der Waals surface area (Å²) in [7, 11) is 0. The van der Waals surface area contributed by atoms with Crippen LogP contribution in [0.3, 0.4) is 0 Å². The van der Waals surface area contributed by atoms with Gasteiger partial charge in [-0.3, -0.25) is 14.4 Å². The lowest BCUT2D eigenvalue weighted by atomic mass is 10.6. The zero-order chi connectivity index (χ0) is 9.84. The summed E-state index contributed by atoms with van der Waals surface area (Å²) in [5, 5.41) is 0.331. The van der Waals surface area contributed by atoms with Crippen LogP contribution in [0.4, 0.5) is 4.79 Å². The van der Waals surface area contributed by atoms with Gasteiger partial charge in [-0.05, 0) is 6.92 Å². The van der Waals surface area contributed by atoms with Crippen molar-refractivity contribution in [3.05, 3.63) is 12.2 Å². The molecule has 0 saturated heterocycles. The van der Waals surface area contributed by atoms with E-state index in [0.717, 1.165) is 12.2 Å². The smallest absolute Gasteiger partial charge is 0.433 e. The van der Waals surface area contributed by atoms with Gasteiger partial charge in [0.2, 0.25) is 0 Å². The summed E-state index contributed by atoms with van der Waals surface area (Å²) in [6.45, 7) is 1.69. The molecule has 1 aliphatic rings. The van der Waals surface area contributed by atoms with E-state index >= 15 is 0 Å². The van der Waals surface area contributed by atoms with Crippen LogP contribution < -0.4 is 0 Å². The normalized spacial score (nSPS) is 15.0. The van der Waals surface area contributed by atoms with Crippen molar-refractivity contribution in [2.45, 2.75) is 6.92 Å². The minimum absolute atomic E-state index is 0.114. The largest absolute Gasteiger partial charge is 0.533 e. The minimum Gasteiger partial charge on any atom is -0.433 e. The Morgan fingerprint density at radius 2 is 1.92 bits per heavy atom. The van der Waals surface area contributed by atoms with E-state index in [1.165, 1.54) is 0 Å². The molecular formula is C7H7NO5. The van der Waals surface area contributed by atoms with Gasteiger partial charge in [0.15, 0.2) is 0 Å². The molecule has 0 bridgehead atoms. The van der Waals surface area contributed by atoms with Crippen LogP contribution in [0.5, 0.6) is 0 Å². The molecule has 0 saturated carbocycles. The number of hydrogen-bond acceptors (Lipinski definition) is 5. The van der Waals surface area contributed by atoms with Crippen LogP contribution in [0.15, 0.2) is 12.2 Å². The number of ether oxygens (including phenoxy) is 1. The Hall–Kier alpha value is -1.85. The van der Waals surface area contributed by atoms with Crippen molar-refractivity contribution in [2.24, 2.45) is 0 Å². The first-order valence-electron chi connectivity index (χ1n) is 3.56. The average Bonchev–Trinajstić information content (AvgIpc) is 2.36. The molecule has 0 aliphatic carbocycles. The van der Waals surface area contributed by atoms with E-state index in [4.69, 9.17) is 0 Å². The van der Waals surface area contributed by atoms with Gasteiger partial charge >= 0.3 is 6.16 Å². The Bertz CT molecular complexity index is 265. The molecule has 1 rings (SSSR count). The van der Waals surface area contributed by atoms with E-state index in [-0.39, 0.29) is 6.61 Å². The second-order valence-electron chi connectivity index (χ2n) is 2.08. The monoisotopic (exact) mass is 185 g/mol. The molecule has 0 spiro atoms. The molecule has 0 aromatic rings. The van der Waals surface area contributed by atoms with Gasteiger partial charge in [0, 0.05) is 12.2 Å². The van der Waals surface area contributed by atoms with Crippen molar-refractivity contribution >= 4 is 18.0 Å². The summed E-state index contributed by atoms with van der Waals surface area (Å²) < 4.78 is 4.37. The topological polar surface area (TPSA) is 72.9 Å². The van der Waals surface area contributed by atoms with Gasteiger partial charge in [-0.15, -0.1) is 0 Å². The first-order valence-corrected chi connectivity index (χ1v) is 3.56. The summed E-state index contributed by atoms with van der Waals surface area (Å²) in [6.07, 6.45) is 0.927. The second kappa shape index (κ2) is 3.70. The fraction of sp³-hybridized carbons (Fsp3) is 0.286. The van der Waals surface area contributed by atoms with Gasteiger partial charge in [-0.1, -0.05) is 5.06 Å². The van der Waals surface area contributed by atoms with Crippen LogP contribution in [-0.2, 0) is 19.2 Å². The van der Waals surface area contributed by atoms with Crippen LogP contribution in [0.2, 0.25) is 0 Å². The van der Waals surface area contributed by atoms with Crippen molar-refractivity contribution in [1.82, 2.24) is 5.06 Å². The highest BCUT2D eigenvalue weighted by molar-refractivity contribution is 6.12. The van der Waals surface area contributed by atoms with Crippen LogP contribution in [0.1, 0.15) is 6.92 Å². The minimum atomic E-state index is -1.08. The SMILES string of the molecule is CCOC(=O)ON1C(=O)C=CC1=O. The Morgan fingerprint density at radius 3 is 2.38 bits per heavy atom. The maximum absolute atomic E-state index is 10.8. The standard InChI is InChI=1S/C7H7NO5/c1-2-12-7(11)13-8-5(9)3-4-6(8)10/h3-4H,2H2,1H3. The Labute approximate surface area is 73.7 Å². The molecule has 0 atom stereocenters. The molecule has 0 radical (unpaired) electrons. The summed E-state index contributed by atoms with van der Waals surface area (Å²) in [6, 6.07) is 0. The number of rotatable bonds is 2. The molecule has 6 nitrogen and oxygen atoms in total. The maximum atomic E-state index is 10.8. The Kier molecular flexibility index (Phi) is 2.63. The number of hydroxylamine groups is 2. The van der Waals surface area contributed by atoms with Gasteiger partial charge < -0.3 is 4.74 Å². The van der Waals surface area contributed by atoms with Crippen LogP contribution in [0.25, 0.3) is 0 Å². The van der Waals surface area contributed by atoms with E-state index in [1.807, 2.05) is 0 Å². The Morgan fingerprint density at radius 1 is 1.38 bits per heavy atom. The summed E-state index contributed by atoms with van der Waals surface area (Å²) in [5.41, 5.74) is 0. The predicted octanol–water partition coefficient (Wildman–Crippen LogP) is -0.000500. The molecule has 1 aliphatic heterocycles. The Balaban J connectivity index is 2.50. The van der Waals surface area contributed by atoms with E-state index in [1.54, 1.807) is 6.92 Å². The van der Waals surface area contributed by atoms with Crippen molar-refractivity contribution in [1.29, 1.82) is 0 Å². The number of imide groups is 1. The molecule has 2 amide bonds. The quantitative estimate of drug-likeness (QED) is 0.447. The van der Waals surface area contributed by atoms with Gasteiger partial charge in [-0.25, -0.2) is 4.79 Å². The third-order valence-electron chi connectivity index (χ3n) is 1.20. The summed E-state index contributed by atoms with van der Waals surface area (Å²) >= 11 is 0. The molecule has 0 aromatic carbocycles. The molecule has 70 valence electrons. The van der Waals surface area contributed by atoms with Crippen LogP contribution >= 0.6 is 0 Å². The molecule has 1 heterocycles. The van der Waals surface area contributed by atoms with E-state index < -0.39 is 18.0 Å². The molecule has 0 aromatic heterocycles. The molecule has 0 unspecified atom stereocenters. The maximum Gasteiger partial charge on any atom is 0.533 e. The van der Waals surface area contributed by atoms with Crippen LogP contribution in [-0.4, -0.2) is 29.6 Å². The fourth-order valence-electron chi connectivity index (χ4n) is 0.695. The van der Waals surface area contributed by atoms with Crippen LogP contribution in [0, 0.1) is 0 Å². The highest BCUT2D eigenvalue weighted by atomic mass is 16.8. The molecule has 13 heavy (non-hydrogen) atoms. The zero-order valence-electron chi connectivity index (χ0n) is 6.85. The third-order valence-corrected chi connectivity index (χ3v) is 1.20. The number of carbonyl (C=O) groups excluding carboxylic acids is 3. The number of carbonyl (C=O) groups is 3. The molecule has 0 fully saturated rings. The summed E-state index contributed by atoms with van der Waals surface area (Å²) in [5.74, 6) is -1.39.